The van der Waals surface area contributed by atoms with Crippen LogP contribution in [0.25, 0.3) is 0 Å². The van der Waals surface area contributed by atoms with E-state index >= 15 is 0 Å². The molecule has 130 valence electrons. The molecule has 0 aromatic heterocycles. The number of carbonyl (C=O) groups is 3. The Morgan fingerprint density at radius 3 is 2.20 bits per heavy atom. The second-order valence-corrected chi connectivity index (χ2v) is 6.46. The number of hydrazine groups is 1. The third-order valence-electron chi connectivity index (χ3n) is 3.08. The summed E-state index contributed by atoms with van der Waals surface area (Å²) in [7, 11) is 0. The van der Waals surface area contributed by atoms with Crippen LogP contribution in [0, 0.1) is 0 Å². The van der Waals surface area contributed by atoms with Gasteiger partial charge >= 0.3 is 5.97 Å². The third kappa shape index (κ3) is 6.31. The number of ether oxygens (including phenoxy) is 1. The van der Waals surface area contributed by atoms with Crippen LogP contribution in [0.4, 0.5) is 0 Å². The van der Waals surface area contributed by atoms with Crippen molar-refractivity contribution in [1.82, 2.24) is 10.9 Å². The molecular weight excluding hydrogens is 340 g/mol. The van der Waals surface area contributed by atoms with Crippen molar-refractivity contribution in [3.05, 3.63) is 66.2 Å². The van der Waals surface area contributed by atoms with Gasteiger partial charge in [-0.1, -0.05) is 36.4 Å². The number of hydrogen-bond acceptors (Lipinski definition) is 5. The number of hydrogen-bond donors (Lipinski definition) is 2. The number of carbonyl (C=O) groups excluding carboxylic acids is 3. The molecule has 2 N–H and O–H groups in total. The Balaban J connectivity index is 1.70. The SMILES string of the molecule is C[C@@H](Sc1ccccc1)C(=O)OCC(=O)NNC(=O)c1ccccc1. The van der Waals surface area contributed by atoms with Crippen molar-refractivity contribution in [3.63, 3.8) is 0 Å². The molecule has 25 heavy (non-hydrogen) atoms. The first-order valence-electron chi connectivity index (χ1n) is 7.59. The fraction of sp³-hybridized carbons (Fsp3) is 0.167. The predicted molar refractivity (Wildman–Crippen MR) is 94.8 cm³/mol. The minimum Gasteiger partial charge on any atom is -0.455 e. The van der Waals surface area contributed by atoms with Crippen LogP contribution in [0.2, 0.25) is 0 Å². The van der Waals surface area contributed by atoms with Gasteiger partial charge < -0.3 is 4.74 Å². The Hall–Kier alpha value is -2.80. The Labute approximate surface area is 149 Å². The van der Waals surface area contributed by atoms with E-state index < -0.39 is 29.6 Å². The maximum atomic E-state index is 11.9. The van der Waals surface area contributed by atoms with Gasteiger partial charge in [0.1, 0.15) is 5.25 Å². The lowest BCUT2D eigenvalue weighted by Crippen LogP contribution is -2.43. The van der Waals surface area contributed by atoms with Crippen LogP contribution >= 0.6 is 11.8 Å². The molecular formula is C18H18N2O4S. The van der Waals surface area contributed by atoms with E-state index in [-0.39, 0.29) is 0 Å². The quantitative estimate of drug-likeness (QED) is 0.470. The molecule has 0 aliphatic rings. The molecule has 0 saturated heterocycles. The van der Waals surface area contributed by atoms with E-state index in [1.54, 1.807) is 37.3 Å². The van der Waals surface area contributed by atoms with Gasteiger partial charge in [-0.05, 0) is 31.2 Å². The molecule has 2 aromatic carbocycles. The fourth-order valence-corrected chi connectivity index (χ4v) is 2.72. The normalized spacial score (nSPS) is 11.2. The van der Waals surface area contributed by atoms with Crippen LogP contribution in [0.5, 0.6) is 0 Å². The van der Waals surface area contributed by atoms with Crippen molar-refractivity contribution in [2.75, 3.05) is 6.61 Å². The van der Waals surface area contributed by atoms with Gasteiger partial charge in [0, 0.05) is 10.5 Å². The second kappa shape index (κ2) is 9.48. The Kier molecular flexibility index (Phi) is 7.03. The van der Waals surface area contributed by atoms with Crippen LogP contribution in [-0.2, 0) is 14.3 Å². The zero-order valence-electron chi connectivity index (χ0n) is 13.6. The summed E-state index contributed by atoms with van der Waals surface area (Å²) in [5.41, 5.74) is 4.87. The van der Waals surface area contributed by atoms with Gasteiger partial charge in [0.25, 0.3) is 11.8 Å². The molecule has 6 nitrogen and oxygen atoms in total. The summed E-state index contributed by atoms with van der Waals surface area (Å²) >= 11 is 1.34. The van der Waals surface area contributed by atoms with E-state index in [4.69, 9.17) is 4.74 Å². The standard InChI is InChI=1S/C18H18N2O4S/c1-13(25-15-10-6-3-7-11-15)18(23)24-12-16(21)19-20-17(22)14-8-4-2-5-9-14/h2-11,13H,12H2,1H3,(H,19,21)(H,20,22)/t13-/m1/s1. The summed E-state index contributed by atoms with van der Waals surface area (Å²) in [6.45, 7) is 1.24. The van der Waals surface area contributed by atoms with Crippen molar-refractivity contribution in [3.8, 4) is 0 Å². The van der Waals surface area contributed by atoms with Crippen LogP contribution in [-0.4, -0.2) is 29.6 Å². The van der Waals surface area contributed by atoms with Crippen molar-refractivity contribution >= 4 is 29.5 Å². The summed E-state index contributed by atoms with van der Waals surface area (Å²) < 4.78 is 4.95. The molecule has 0 heterocycles. The number of nitrogens with one attached hydrogen (secondary N) is 2. The Morgan fingerprint density at radius 1 is 0.960 bits per heavy atom. The number of amides is 2. The highest BCUT2D eigenvalue weighted by atomic mass is 32.2. The van der Waals surface area contributed by atoms with E-state index in [9.17, 15) is 14.4 Å². The summed E-state index contributed by atoms with van der Waals surface area (Å²) in [4.78, 5) is 36.3. The molecule has 0 aliphatic carbocycles. The number of thioether (sulfide) groups is 1. The maximum Gasteiger partial charge on any atom is 0.319 e. The Bertz CT molecular complexity index is 722. The van der Waals surface area contributed by atoms with E-state index in [0.29, 0.717) is 5.56 Å². The van der Waals surface area contributed by atoms with Gasteiger partial charge in [-0.3, -0.25) is 25.2 Å². The van der Waals surface area contributed by atoms with Gasteiger partial charge in [0.05, 0.1) is 0 Å². The summed E-state index contributed by atoms with van der Waals surface area (Å²) in [5.74, 6) is -1.57. The average Bonchev–Trinajstić information content (AvgIpc) is 2.65. The van der Waals surface area contributed by atoms with Crippen LogP contribution < -0.4 is 10.9 Å². The lowest BCUT2D eigenvalue weighted by Gasteiger charge is -2.11. The molecule has 0 spiro atoms. The average molecular weight is 358 g/mol. The summed E-state index contributed by atoms with van der Waals surface area (Å²) in [5, 5.41) is -0.450. The highest BCUT2D eigenvalue weighted by Crippen LogP contribution is 2.23. The lowest BCUT2D eigenvalue weighted by molar-refractivity contribution is -0.147. The molecule has 0 unspecified atom stereocenters. The first-order chi connectivity index (χ1) is 12.1. The van der Waals surface area contributed by atoms with Gasteiger partial charge in [-0.15, -0.1) is 11.8 Å². The van der Waals surface area contributed by atoms with Crippen LogP contribution in [0.15, 0.2) is 65.6 Å². The zero-order chi connectivity index (χ0) is 18.1. The van der Waals surface area contributed by atoms with Gasteiger partial charge in [-0.2, -0.15) is 0 Å². The smallest absolute Gasteiger partial charge is 0.319 e. The van der Waals surface area contributed by atoms with Crippen LogP contribution in [0.1, 0.15) is 17.3 Å². The van der Waals surface area contributed by atoms with Gasteiger partial charge in [-0.25, -0.2) is 0 Å². The van der Waals surface area contributed by atoms with E-state index in [0.717, 1.165) is 4.90 Å². The van der Waals surface area contributed by atoms with E-state index in [1.165, 1.54) is 11.8 Å². The topological polar surface area (TPSA) is 84.5 Å². The predicted octanol–water partition coefficient (Wildman–Crippen LogP) is 2.17. The molecule has 0 fully saturated rings. The maximum absolute atomic E-state index is 11.9. The fourth-order valence-electron chi connectivity index (χ4n) is 1.83. The molecule has 2 aromatic rings. The molecule has 1 atom stereocenters. The van der Waals surface area contributed by atoms with Crippen molar-refractivity contribution < 1.29 is 19.1 Å². The summed E-state index contributed by atoms with van der Waals surface area (Å²) in [6, 6.07) is 17.9. The largest absolute Gasteiger partial charge is 0.455 e. The van der Waals surface area contributed by atoms with Crippen LogP contribution in [0.3, 0.4) is 0 Å². The molecule has 0 saturated carbocycles. The molecule has 7 heteroatoms. The summed E-state index contributed by atoms with van der Waals surface area (Å²) in [6.07, 6.45) is 0. The number of rotatable bonds is 6. The first kappa shape index (κ1) is 18.5. The third-order valence-corrected chi connectivity index (χ3v) is 4.18. The monoisotopic (exact) mass is 358 g/mol. The second-order valence-electron chi connectivity index (χ2n) is 5.05. The molecule has 0 aliphatic heterocycles. The molecule has 0 bridgehead atoms. The highest BCUT2D eigenvalue weighted by Gasteiger charge is 2.17. The molecule has 2 amide bonds. The van der Waals surface area contributed by atoms with Crippen molar-refractivity contribution in [1.29, 1.82) is 0 Å². The van der Waals surface area contributed by atoms with Gasteiger partial charge in [0.2, 0.25) is 0 Å². The molecule has 2 rings (SSSR count). The zero-order valence-corrected chi connectivity index (χ0v) is 14.4. The minimum atomic E-state index is -0.616. The molecule has 0 radical (unpaired) electrons. The van der Waals surface area contributed by atoms with E-state index in [1.807, 2.05) is 30.3 Å². The number of benzene rings is 2. The Morgan fingerprint density at radius 2 is 1.56 bits per heavy atom. The first-order valence-corrected chi connectivity index (χ1v) is 8.47. The van der Waals surface area contributed by atoms with E-state index in [2.05, 4.69) is 10.9 Å². The highest BCUT2D eigenvalue weighted by molar-refractivity contribution is 8.00. The van der Waals surface area contributed by atoms with Crippen molar-refractivity contribution in [2.45, 2.75) is 17.1 Å². The minimum absolute atomic E-state index is 0.410. The number of esters is 1. The lowest BCUT2D eigenvalue weighted by atomic mass is 10.2. The van der Waals surface area contributed by atoms with Gasteiger partial charge in [0.15, 0.2) is 6.61 Å². The van der Waals surface area contributed by atoms with Crippen molar-refractivity contribution in [2.24, 2.45) is 0 Å².